The van der Waals surface area contributed by atoms with Gasteiger partial charge in [-0.25, -0.2) is 0 Å². The molecule has 0 spiro atoms. The van der Waals surface area contributed by atoms with Crippen LogP contribution < -0.4 is 4.90 Å². The monoisotopic (exact) mass is 245 g/mol. The zero-order chi connectivity index (χ0) is 13.2. The average molecular weight is 245 g/mol. The number of aldehydes is 1. The van der Waals surface area contributed by atoms with E-state index in [2.05, 4.69) is 30.9 Å². The maximum atomic E-state index is 11.2. The fraction of sp³-hybridized carbons (Fsp3) is 0.562. The lowest BCUT2D eigenvalue weighted by Gasteiger charge is -2.27. The van der Waals surface area contributed by atoms with Gasteiger partial charge in [-0.05, 0) is 43.7 Å². The molecule has 0 N–H and O–H groups in total. The topological polar surface area (TPSA) is 20.3 Å². The van der Waals surface area contributed by atoms with Gasteiger partial charge in [0.2, 0.25) is 0 Å². The first-order valence-electron chi connectivity index (χ1n) is 6.95. The summed E-state index contributed by atoms with van der Waals surface area (Å²) in [5, 5.41) is 0. The van der Waals surface area contributed by atoms with Gasteiger partial charge in [0.05, 0.1) is 0 Å². The number of benzene rings is 1. The minimum atomic E-state index is 0.449. The van der Waals surface area contributed by atoms with Gasteiger partial charge in [0.1, 0.15) is 0 Å². The van der Waals surface area contributed by atoms with E-state index in [0.717, 1.165) is 36.2 Å². The lowest BCUT2D eigenvalue weighted by molar-refractivity contribution is 0.112. The van der Waals surface area contributed by atoms with Crippen LogP contribution in [0, 0.1) is 12.3 Å². The standard InChI is InChI=1S/C16H23NO/c1-4-16(5-2)8-9-17(12-16)15-7-6-13(3)10-14(15)11-18/h6-7,10-11H,4-5,8-9,12H2,1-3H3. The molecule has 0 atom stereocenters. The first kappa shape index (κ1) is 13.1. The largest absolute Gasteiger partial charge is 0.370 e. The average Bonchev–Trinajstić information content (AvgIpc) is 2.83. The minimum absolute atomic E-state index is 0.449. The second-order valence-electron chi connectivity index (χ2n) is 5.56. The maximum absolute atomic E-state index is 11.2. The van der Waals surface area contributed by atoms with Gasteiger partial charge in [-0.2, -0.15) is 0 Å². The molecule has 1 aromatic rings. The molecule has 2 nitrogen and oxygen atoms in total. The number of rotatable bonds is 4. The number of nitrogens with zero attached hydrogens (tertiary/aromatic N) is 1. The molecule has 0 aromatic heterocycles. The Morgan fingerprint density at radius 1 is 1.33 bits per heavy atom. The van der Waals surface area contributed by atoms with Gasteiger partial charge in [0.25, 0.3) is 0 Å². The van der Waals surface area contributed by atoms with Gasteiger partial charge in [0.15, 0.2) is 6.29 Å². The molecule has 0 aliphatic carbocycles. The molecule has 0 saturated carbocycles. The van der Waals surface area contributed by atoms with Crippen LogP contribution in [0.5, 0.6) is 0 Å². The summed E-state index contributed by atoms with van der Waals surface area (Å²) in [6.07, 6.45) is 4.68. The predicted molar refractivity (Wildman–Crippen MR) is 76.4 cm³/mol. The molecule has 1 aromatic carbocycles. The third-order valence-corrected chi connectivity index (χ3v) is 4.59. The number of carbonyl (C=O) groups excluding carboxylic acids is 1. The fourth-order valence-electron chi connectivity index (χ4n) is 3.02. The summed E-state index contributed by atoms with van der Waals surface area (Å²) in [6.45, 7) is 8.75. The Morgan fingerprint density at radius 2 is 2.06 bits per heavy atom. The van der Waals surface area contributed by atoms with E-state index in [1.165, 1.54) is 19.3 Å². The second kappa shape index (κ2) is 5.13. The van der Waals surface area contributed by atoms with Crippen LogP contribution in [0.15, 0.2) is 18.2 Å². The van der Waals surface area contributed by atoms with Crippen LogP contribution in [0.3, 0.4) is 0 Å². The van der Waals surface area contributed by atoms with E-state index in [-0.39, 0.29) is 0 Å². The van der Waals surface area contributed by atoms with Crippen LogP contribution in [0.25, 0.3) is 0 Å². The van der Waals surface area contributed by atoms with Gasteiger partial charge >= 0.3 is 0 Å². The van der Waals surface area contributed by atoms with Crippen LogP contribution in [0.4, 0.5) is 5.69 Å². The van der Waals surface area contributed by atoms with Crippen molar-refractivity contribution >= 4 is 12.0 Å². The Morgan fingerprint density at radius 3 is 2.61 bits per heavy atom. The Labute approximate surface area is 110 Å². The Balaban J connectivity index is 2.26. The number of hydrogen-bond acceptors (Lipinski definition) is 2. The third kappa shape index (κ3) is 2.29. The molecule has 18 heavy (non-hydrogen) atoms. The number of aryl methyl sites for hydroxylation is 1. The normalized spacial score (nSPS) is 18.1. The quantitative estimate of drug-likeness (QED) is 0.751. The van der Waals surface area contributed by atoms with Crippen molar-refractivity contribution in [3.8, 4) is 0 Å². The molecule has 1 heterocycles. The third-order valence-electron chi connectivity index (χ3n) is 4.59. The number of hydrogen-bond donors (Lipinski definition) is 0. The van der Waals surface area contributed by atoms with Crippen molar-refractivity contribution < 1.29 is 4.79 Å². The van der Waals surface area contributed by atoms with Gasteiger partial charge < -0.3 is 4.90 Å². The lowest BCUT2D eigenvalue weighted by atomic mass is 9.82. The summed E-state index contributed by atoms with van der Waals surface area (Å²) in [7, 11) is 0. The molecule has 1 aliphatic rings. The van der Waals surface area contributed by atoms with E-state index < -0.39 is 0 Å². The fourth-order valence-corrected chi connectivity index (χ4v) is 3.02. The molecule has 1 fully saturated rings. The van der Waals surface area contributed by atoms with Crippen LogP contribution in [-0.4, -0.2) is 19.4 Å². The van der Waals surface area contributed by atoms with Crippen molar-refractivity contribution in [2.45, 2.75) is 40.0 Å². The highest BCUT2D eigenvalue weighted by atomic mass is 16.1. The highest BCUT2D eigenvalue weighted by molar-refractivity contribution is 5.85. The van der Waals surface area contributed by atoms with Gasteiger partial charge in [0, 0.05) is 24.3 Å². The molecule has 2 rings (SSSR count). The Hall–Kier alpha value is -1.31. The van der Waals surface area contributed by atoms with Crippen molar-refractivity contribution in [3.05, 3.63) is 29.3 Å². The molecule has 0 bridgehead atoms. The molecule has 1 saturated heterocycles. The van der Waals surface area contributed by atoms with Gasteiger partial charge in [-0.3, -0.25) is 4.79 Å². The molecule has 1 aliphatic heterocycles. The molecule has 0 unspecified atom stereocenters. The summed E-state index contributed by atoms with van der Waals surface area (Å²) in [6, 6.07) is 6.18. The van der Waals surface area contributed by atoms with E-state index in [9.17, 15) is 4.79 Å². The predicted octanol–water partition coefficient (Wildman–Crippen LogP) is 3.82. The van der Waals surface area contributed by atoms with Crippen molar-refractivity contribution in [2.75, 3.05) is 18.0 Å². The first-order valence-corrected chi connectivity index (χ1v) is 6.95. The summed E-state index contributed by atoms with van der Waals surface area (Å²) in [4.78, 5) is 13.6. The molecule has 0 radical (unpaired) electrons. The van der Waals surface area contributed by atoms with Crippen molar-refractivity contribution in [1.29, 1.82) is 0 Å². The Kier molecular flexibility index (Phi) is 3.74. The van der Waals surface area contributed by atoms with E-state index in [4.69, 9.17) is 0 Å². The van der Waals surface area contributed by atoms with E-state index >= 15 is 0 Å². The highest BCUT2D eigenvalue weighted by Gasteiger charge is 2.35. The molecule has 2 heteroatoms. The van der Waals surface area contributed by atoms with Crippen LogP contribution >= 0.6 is 0 Å². The number of anilines is 1. The zero-order valence-corrected chi connectivity index (χ0v) is 11.7. The lowest BCUT2D eigenvalue weighted by Crippen LogP contribution is -2.26. The first-order chi connectivity index (χ1) is 8.64. The van der Waals surface area contributed by atoms with E-state index in [1.54, 1.807) is 0 Å². The number of carbonyl (C=O) groups is 1. The molecule has 98 valence electrons. The summed E-state index contributed by atoms with van der Waals surface area (Å²) in [5.74, 6) is 0. The summed E-state index contributed by atoms with van der Waals surface area (Å²) >= 11 is 0. The SMILES string of the molecule is CCC1(CC)CCN(c2ccc(C)cc2C=O)C1. The van der Waals surface area contributed by atoms with E-state index in [0.29, 0.717) is 5.41 Å². The van der Waals surface area contributed by atoms with Gasteiger partial charge in [-0.1, -0.05) is 25.5 Å². The van der Waals surface area contributed by atoms with E-state index in [1.807, 2.05) is 13.0 Å². The minimum Gasteiger partial charge on any atom is -0.370 e. The second-order valence-corrected chi connectivity index (χ2v) is 5.56. The molecular weight excluding hydrogens is 222 g/mol. The highest BCUT2D eigenvalue weighted by Crippen LogP contribution is 2.39. The maximum Gasteiger partial charge on any atom is 0.152 e. The van der Waals surface area contributed by atoms with Gasteiger partial charge in [-0.15, -0.1) is 0 Å². The van der Waals surface area contributed by atoms with Crippen LogP contribution in [-0.2, 0) is 0 Å². The van der Waals surface area contributed by atoms with Crippen molar-refractivity contribution in [3.63, 3.8) is 0 Å². The van der Waals surface area contributed by atoms with Crippen molar-refractivity contribution in [1.82, 2.24) is 0 Å². The van der Waals surface area contributed by atoms with Crippen LogP contribution in [0.2, 0.25) is 0 Å². The summed E-state index contributed by atoms with van der Waals surface area (Å²) in [5.41, 5.74) is 3.54. The van der Waals surface area contributed by atoms with Crippen molar-refractivity contribution in [2.24, 2.45) is 5.41 Å². The van der Waals surface area contributed by atoms with Crippen LogP contribution in [0.1, 0.15) is 49.0 Å². The smallest absolute Gasteiger partial charge is 0.152 e. The Bertz CT molecular complexity index is 435. The zero-order valence-electron chi connectivity index (χ0n) is 11.7. The summed E-state index contributed by atoms with van der Waals surface area (Å²) < 4.78 is 0. The molecule has 0 amide bonds. The molecular formula is C16H23NO.